The number of rotatable bonds is 12. The summed E-state index contributed by atoms with van der Waals surface area (Å²) in [4.78, 5) is 29.8. The summed E-state index contributed by atoms with van der Waals surface area (Å²) in [5, 5.41) is 11.0. The number of hydrogen-bond donors (Lipinski definition) is 1. The van der Waals surface area contributed by atoms with Crippen LogP contribution in [0.1, 0.15) is 63.1 Å². The van der Waals surface area contributed by atoms with Gasteiger partial charge in [0.1, 0.15) is 17.4 Å². The first kappa shape index (κ1) is 26.5. The number of likely N-dealkylation sites (tertiary alicyclic amines) is 1. The summed E-state index contributed by atoms with van der Waals surface area (Å²) >= 11 is 0. The van der Waals surface area contributed by atoms with Crippen LogP contribution in [0.4, 0.5) is 8.78 Å². The molecular formula is C28H34F2N2O3. The van der Waals surface area contributed by atoms with Crippen LogP contribution >= 0.6 is 0 Å². The fraction of sp³-hybridized carbons (Fsp3) is 0.429. The predicted molar refractivity (Wildman–Crippen MR) is 133 cm³/mol. The molecule has 1 fully saturated rings. The zero-order valence-electron chi connectivity index (χ0n) is 20.5. The third-order valence-corrected chi connectivity index (χ3v) is 6.39. The Labute approximate surface area is 206 Å². The summed E-state index contributed by atoms with van der Waals surface area (Å²) in [7, 11) is 0. The zero-order valence-corrected chi connectivity index (χ0v) is 20.5. The lowest BCUT2D eigenvalue weighted by molar-refractivity contribution is -0.140. The maximum absolute atomic E-state index is 14.9. The van der Waals surface area contributed by atoms with Crippen molar-refractivity contribution in [3.05, 3.63) is 76.9 Å². The molecule has 1 amide bonds. The average Bonchev–Trinajstić information content (AvgIpc) is 3.10. The molecule has 5 nitrogen and oxygen atoms in total. The molecule has 1 aliphatic heterocycles. The molecule has 1 heterocycles. The first-order valence-electron chi connectivity index (χ1n) is 12.4. The van der Waals surface area contributed by atoms with Gasteiger partial charge in [-0.3, -0.25) is 9.59 Å². The zero-order chi connectivity index (χ0) is 25.4. The molecule has 0 spiro atoms. The van der Waals surface area contributed by atoms with E-state index in [1.54, 1.807) is 6.07 Å². The minimum absolute atomic E-state index is 0.143. The van der Waals surface area contributed by atoms with Crippen molar-refractivity contribution in [3.8, 4) is 0 Å². The number of carbonyl (C=O) groups is 2. The number of benzene rings is 2. The first-order valence-corrected chi connectivity index (χ1v) is 12.4. The lowest BCUT2D eigenvalue weighted by Gasteiger charge is -2.27. The van der Waals surface area contributed by atoms with Gasteiger partial charge < -0.3 is 14.9 Å². The number of nitrogens with zero attached hydrogens (tertiary/aromatic N) is 2. The van der Waals surface area contributed by atoms with Crippen molar-refractivity contribution >= 4 is 17.4 Å². The van der Waals surface area contributed by atoms with E-state index in [1.807, 2.05) is 0 Å². The number of hydrogen-bond acceptors (Lipinski definition) is 4. The average molecular weight is 485 g/mol. The lowest BCUT2D eigenvalue weighted by atomic mass is 9.95. The molecule has 1 unspecified atom stereocenters. The van der Waals surface area contributed by atoms with E-state index in [-0.39, 0.29) is 23.2 Å². The van der Waals surface area contributed by atoms with Crippen molar-refractivity contribution in [1.29, 1.82) is 0 Å². The molecule has 1 saturated heterocycles. The maximum Gasteiger partial charge on any atom is 0.295 e. The number of aliphatic hydroxyl groups is 1. The minimum Gasteiger partial charge on any atom is -0.507 e. The number of carbonyl (C=O) groups excluding carboxylic acids is 2. The minimum atomic E-state index is -1.05. The van der Waals surface area contributed by atoms with E-state index < -0.39 is 35.1 Å². The Morgan fingerprint density at radius 1 is 0.914 bits per heavy atom. The number of ketones is 1. The standard InChI is InChI=1S/C28H34F2N2O3/c1-3-5-16-31(17-6-4-2)18-9-19-32-25(22-10-7-8-11-23(22)30)24(27(34)28(32)35)26(33)20-12-14-21(29)15-13-20/h7-8,10-15,25,33H,3-6,9,16-19H2,1-2H3. The Kier molecular flexibility index (Phi) is 9.55. The van der Waals surface area contributed by atoms with Gasteiger partial charge in [0.05, 0.1) is 11.6 Å². The molecule has 2 aromatic rings. The second-order valence-corrected chi connectivity index (χ2v) is 8.92. The monoisotopic (exact) mass is 484 g/mol. The molecule has 35 heavy (non-hydrogen) atoms. The molecule has 1 atom stereocenters. The summed E-state index contributed by atoms with van der Waals surface area (Å²) in [6.07, 6.45) is 4.96. The number of Topliss-reactive ketones (excluding diaryl/α,β-unsaturated/α-hetero) is 1. The van der Waals surface area contributed by atoms with Gasteiger partial charge in [0.15, 0.2) is 0 Å². The normalized spacial score (nSPS) is 17.5. The Balaban J connectivity index is 1.92. The van der Waals surface area contributed by atoms with Gasteiger partial charge in [0.2, 0.25) is 0 Å². The van der Waals surface area contributed by atoms with Crippen molar-refractivity contribution in [2.45, 2.75) is 52.0 Å². The molecule has 7 heteroatoms. The van der Waals surface area contributed by atoms with Gasteiger partial charge in [-0.2, -0.15) is 0 Å². The van der Waals surface area contributed by atoms with Crippen LogP contribution in [0.25, 0.3) is 5.76 Å². The van der Waals surface area contributed by atoms with E-state index in [0.29, 0.717) is 6.42 Å². The number of amides is 1. The largest absolute Gasteiger partial charge is 0.507 e. The van der Waals surface area contributed by atoms with E-state index in [9.17, 15) is 23.5 Å². The van der Waals surface area contributed by atoms with Gasteiger partial charge >= 0.3 is 0 Å². The highest BCUT2D eigenvalue weighted by Crippen LogP contribution is 2.40. The van der Waals surface area contributed by atoms with Crippen LogP contribution in [0.15, 0.2) is 54.1 Å². The van der Waals surface area contributed by atoms with Gasteiger partial charge in [0.25, 0.3) is 11.7 Å². The van der Waals surface area contributed by atoms with Crippen LogP contribution in [-0.2, 0) is 9.59 Å². The first-order chi connectivity index (χ1) is 16.9. The van der Waals surface area contributed by atoms with Gasteiger partial charge in [-0.05, 0) is 69.2 Å². The van der Waals surface area contributed by atoms with Crippen LogP contribution in [0.3, 0.4) is 0 Å². The topological polar surface area (TPSA) is 60.9 Å². The van der Waals surface area contributed by atoms with E-state index >= 15 is 0 Å². The number of halogens is 2. The van der Waals surface area contributed by atoms with Gasteiger partial charge in [-0.1, -0.05) is 44.9 Å². The van der Waals surface area contributed by atoms with Crippen LogP contribution in [0.5, 0.6) is 0 Å². The van der Waals surface area contributed by atoms with E-state index in [2.05, 4.69) is 18.7 Å². The fourth-order valence-corrected chi connectivity index (χ4v) is 4.46. The summed E-state index contributed by atoms with van der Waals surface area (Å²) in [5.74, 6) is -3.14. The number of aliphatic hydroxyl groups excluding tert-OH is 1. The van der Waals surface area contributed by atoms with Crippen molar-refractivity contribution in [2.75, 3.05) is 26.2 Å². The Morgan fingerprint density at radius 3 is 2.11 bits per heavy atom. The Morgan fingerprint density at radius 2 is 1.51 bits per heavy atom. The maximum atomic E-state index is 14.9. The van der Waals surface area contributed by atoms with Crippen molar-refractivity contribution in [2.24, 2.45) is 0 Å². The molecule has 3 rings (SSSR count). The van der Waals surface area contributed by atoms with E-state index in [1.165, 1.54) is 35.2 Å². The molecule has 1 N–H and O–H groups in total. The van der Waals surface area contributed by atoms with E-state index in [0.717, 1.165) is 57.5 Å². The molecule has 0 radical (unpaired) electrons. The SMILES string of the molecule is CCCCN(CCCC)CCCN1C(=O)C(=O)C(=C(O)c2ccc(F)cc2)C1c1ccccc1F. The molecule has 0 aliphatic carbocycles. The molecule has 0 bridgehead atoms. The van der Waals surface area contributed by atoms with Crippen LogP contribution < -0.4 is 0 Å². The van der Waals surface area contributed by atoms with Gasteiger partial charge in [-0.15, -0.1) is 0 Å². The second-order valence-electron chi connectivity index (χ2n) is 8.92. The fourth-order valence-electron chi connectivity index (χ4n) is 4.46. The third kappa shape index (κ3) is 6.34. The number of unbranched alkanes of at least 4 members (excludes halogenated alkanes) is 2. The lowest BCUT2D eigenvalue weighted by Crippen LogP contribution is -2.34. The summed E-state index contributed by atoms with van der Waals surface area (Å²) < 4.78 is 28.3. The molecular weight excluding hydrogens is 450 g/mol. The summed E-state index contributed by atoms with van der Waals surface area (Å²) in [5.41, 5.74) is 0.153. The summed E-state index contributed by atoms with van der Waals surface area (Å²) in [6.45, 7) is 7.23. The molecule has 188 valence electrons. The van der Waals surface area contributed by atoms with Crippen LogP contribution in [0.2, 0.25) is 0 Å². The third-order valence-electron chi connectivity index (χ3n) is 6.39. The van der Waals surface area contributed by atoms with E-state index in [4.69, 9.17) is 0 Å². The highest BCUT2D eigenvalue weighted by atomic mass is 19.1. The quantitative estimate of drug-likeness (QED) is 0.239. The summed E-state index contributed by atoms with van der Waals surface area (Å²) in [6, 6.07) is 9.87. The van der Waals surface area contributed by atoms with Gasteiger partial charge in [0, 0.05) is 17.7 Å². The predicted octanol–water partition coefficient (Wildman–Crippen LogP) is 5.68. The molecule has 2 aromatic carbocycles. The molecule has 1 aliphatic rings. The van der Waals surface area contributed by atoms with Crippen LogP contribution in [0, 0.1) is 11.6 Å². The molecule has 0 aromatic heterocycles. The Hall–Kier alpha value is -3.06. The molecule has 0 saturated carbocycles. The van der Waals surface area contributed by atoms with Crippen molar-refractivity contribution < 1.29 is 23.5 Å². The Bertz CT molecular complexity index is 1040. The van der Waals surface area contributed by atoms with Gasteiger partial charge in [-0.25, -0.2) is 8.78 Å². The van der Waals surface area contributed by atoms with Crippen LogP contribution in [-0.4, -0.2) is 52.8 Å². The second kappa shape index (κ2) is 12.6. The van der Waals surface area contributed by atoms with Crippen molar-refractivity contribution in [1.82, 2.24) is 9.80 Å². The highest BCUT2D eigenvalue weighted by Gasteiger charge is 2.46. The smallest absolute Gasteiger partial charge is 0.295 e. The highest BCUT2D eigenvalue weighted by molar-refractivity contribution is 6.46. The van der Waals surface area contributed by atoms with Crippen molar-refractivity contribution in [3.63, 3.8) is 0 Å².